The van der Waals surface area contributed by atoms with E-state index in [9.17, 15) is 0 Å². The molecule has 2 saturated heterocycles. The van der Waals surface area contributed by atoms with Crippen molar-refractivity contribution in [1.29, 1.82) is 0 Å². The summed E-state index contributed by atoms with van der Waals surface area (Å²) in [5, 5.41) is 0. The Balaban J connectivity index is 1.15. The molecule has 0 aromatic carbocycles. The van der Waals surface area contributed by atoms with E-state index in [-0.39, 0.29) is 17.3 Å². The average molecular weight is 487 g/mol. The molecule has 1 spiro atoms. The van der Waals surface area contributed by atoms with Crippen LogP contribution in [0.3, 0.4) is 0 Å². The lowest BCUT2D eigenvalue weighted by atomic mass is 9.45. The van der Waals surface area contributed by atoms with Crippen molar-refractivity contribution in [2.75, 3.05) is 7.11 Å². The minimum atomic E-state index is -0.909. The zero-order chi connectivity index (χ0) is 24.8. The second-order valence-corrected chi connectivity index (χ2v) is 15.5. The molecule has 0 radical (unpaired) electrons. The molecule has 4 nitrogen and oxygen atoms in total. The number of ether oxygens (including phenoxy) is 4. The summed E-state index contributed by atoms with van der Waals surface area (Å²) in [7, 11) is 2.01. The first-order chi connectivity index (χ1) is 16.3. The number of hydrogen-bond acceptors (Lipinski definition) is 4. The molecule has 0 N–H and O–H groups in total. The molecule has 5 aliphatic carbocycles. The van der Waals surface area contributed by atoms with E-state index in [4.69, 9.17) is 18.9 Å². The van der Waals surface area contributed by atoms with E-state index >= 15 is 0 Å². The summed E-state index contributed by atoms with van der Waals surface area (Å²) in [4.78, 5) is 0. The Morgan fingerprint density at radius 3 is 2.31 bits per heavy atom. The van der Waals surface area contributed by atoms with Gasteiger partial charge in [0.25, 0.3) is 5.97 Å². The Labute approximate surface area is 213 Å². The average Bonchev–Trinajstić information content (AvgIpc) is 3.23. The van der Waals surface area contributed by atoms with Gasteiger partial charge in [0.2, 0.25) is 0 Å². The Morgan fingerprint density at radius 1 is 0.857 bits per heavy atom. The normalized spacial score (nSPS) is 62.6. The molecule has 2 bridgehead atoms. The molecular weight excluding hydrogens is 436 g/mol. The summed E-state index contributed by atoms with van der Waals surface area (Å²) < 4.78 is 25.7. The van der Waals surface area contributed by atoms with Gasteiger partial charge in [-0.3, -0.25) is 0 Å². The lowest BCUT2D eigenvalue weighted by molar-refractivity contribution is -0.385. The van der Waals surface area contributed by atoms with Crippen LogP contribution >= 0.6 is 0 Å². The van der Waals surface area contributed by atoms with Crippen LogP contribution in [0.1, 0.15) is 106 Å². The zero-order valence-corrected chi connectivity index (χ0v) is 23.6. The Hall–Kier alpha value is -0.160. The highest BCUT2D eigenvalue weighted by molar-refractivity contribution is 5.26. The van der Waals surface area contributed by atoms with Gasteiger partial charge in [-0.2, -0.15) is 0 Å². The first-order valence-electron chi connectivity index (χ1n) is 14.9. The molecule has 5 saturated carbocycles. The maximum Gasteiger partial charge on any atom is 0.281 e. The Morgan fingerprint density at radius 2 is 1.63 bits per heavy atom. The van der Waals surface area contributed by atoms with Gasteiger partial charge >= 0.3 is 0 Å². The van der Waals surface area contributed by atoms with Crippen LogP contribution in [0.4, 0.5) is 0 Å². The summed E-state index contributed by atoms with van der Waals surface area (Å²) in [6.45, 7) is 16.4. The molecule has 2 heterocycles. The van der Waals surface area contributed by atoms with Crippen LogP contribution in [0.25, 0.3) is 0 Å². The van der Waals surface area contributed by atoms with Crippen LogP contribution in [0.2, 0.25) is 0 Å². The number of methoxy groups -OCH3 is 1. The fourth-order valence-electron chi connectivity index (χ4n) is 12.2. The van der Waals surface area contributed by atoms with E-state index in [0.29, 0.717) is 34.2 Å². The summed E-state index contributed by atoms with van der Waals surface area (Å²) in [6, 6.07) is 0. The molecule has 198 valence electrons. The molecule has 0 aromatic heterocycles. The molecule has 0 amide bonds. The minimum Gasteiger partial charge on any atom is -0.381 e. The van der Waals surface area contributed by atoms with Crippen molar-refractivity contribution in [2.24, 2.45) is 51.8 Å². The van der Waals surface area contributed by atoms with Gasteiger partial charge in [0.15, 0.2) is 0 Å². The van der Waals surface area contributed by atoms with Crippen molar-refractivity contribution in [1.82, 2.24) is 0 Å². The molecule has 2 aliphatic heterocycles. The summed E-state index contributed by atoms with van der Waals surface area (Å²) >= 11 is 0. The van der Waals surface area contributed by atoms with Crippen molar-refractivity contribution in [3.63, 3.8) is 0 Å². The van der Waals surface area contributed by atoms with Crippen LogP contribution in [-0.2, 0) is 18.9 Å². The van der Waals surface area contributed by atoms with Crippen LogP contribution in [0, 0.1) is 51.8 Å². The third kappa shape index (κ3) is 2.74. The van der Waals surface area contributed by atoms with E-state index < -0.39 is 5.97 Å². The highest BCUT2D eigenvalue weighted by atomic mass is 16.9. The van der Waals surface area contributed by atoms with Crippen LogP contribution in [0.15, 0.2) is 0 Å². The van der Waals surface area contributed by atoms with Crippen molar-refractivity contribution in [3.05, 3.63) is 0 Å². The van der Waals surface area contributed by atoms with Crippen LogP contribution in [-0.4, -0.2) is 36.5 Å². The van der Waals surface area contributed by atoms with Gasteiger partial charge in [0.1, 0.15) is 5.60 Å². The maximum atomic E-state index is 6.63. The van der Waals surface area contributed by atoms with Crippen LogP contribution < -0.4 is 0 Å². The quantitative estimate of drug-likeness (QED) is 0.432. The second kappa shape index (κ2) is 6.88. The van der Waals surface area contributed by atoms with Gasteiger partial charge in [-0.05, 0) is 118 Å². The SMILES string of the molecule is CO[C@@H]1C[C@H]2[C@@H]3CC[C@H]([C@H](C)[C@H]4C[C@@]5(C)O[C@@](C)(O4)OC5(C)C)[C@@]3(C)CC[C@@H]2[C@@]2(C)CC[C@H]3C[C@]312. The summed E-state index contributed by atoms with van der Waals surface area (Å²) in [5.74, 6) is 3.88. The van der Waals surface area contributed by atoms with Gasteiger partial charge < -0.3 is 18.9 Å². The fourth-order valence-corrected chi connectivity index (χ4v) is 12.2. The van der Waals surface area contributed by atoms with Crippen molar-refractivity contribution < 1.29 is 18.9 Å². The van der Waals surface area contributed by atoms with Gasteiger partial charge in [-0.25, -0.2) is 0 Å². The lowest BCUT2D eigenvalue weighted by Gasteiger charge is -2.61. The molecule has 0 unspecified atom stereocenters. The number of hydrogen-bond donors (Lipinski definition) is 0. The Kier molecular flexibility index (Phi) is 4.70. The predicted molar refractivity (Wildman–Crippen MR) is 136 cm³/mol. The summed E-state index contributed by atoms with van der Waals surface area (Å²) in [5.41, 5.74) is 0.828. The minimum absolute atomic E-state index is 0.194. The molecule has 0 aromatic rings. The van der Waals surface area contributed by atoms with Gasteiger partial charge in [0, 0.05) is 25.9 Å². The molecule has 13 atom stereocenters. The number of rotatable bonds is 3. The van der Waals surface area contributed by atoms with Crippen molar-refractivity contribution in [2.45, 2.75) is 136 Å². The second-order valence-electron chi connectivity index (χ2n) is 15.5. The van der Waals surface area contributed by atoms with E-state index in [1.54, 1.807) is 0 Å². The molecule has 35 heavy (non-hydrogen) atoms. The van der Waals surface area contributed by atoms with Gasteiger partial charge in [-0.1, -0.05) is 20.8 Å². The monoisotopic (exact) mass is 486 g/mol. The fraction of sp³-hybridized carbons (Fsp3) is 1.00. The first kappa shape index (κ1) is 23.9. The van der Waals surface area contributed by atoms with Crippen molar-refractivity contribution >= 4 is 0 Å². The predicted octanol–water partition coefficient (Wildman–Crippen LogP) is 6.95. The highest BCUT2D eigenvalue weighted by Gasteiger charge is 2.77. The van der Waals surface area contributed by atoms with E-state index in [2.05, 4.69) is 41.5 Å². The first-order valence-corrected chi connectivity index (χ1v) is 14.9. The highest BCUT2D eigenvalue weighted by Crippen LogP contribution is 2.82. The van der Waals surface area contributed by atoms with E-state index in [1.807, 2.05) is 14.0 Å². The van der Waals surface area contributed by atoms with Gasteiger partial charge in [0.05, 0.1) is 17.8 Å². The zero-order valence-electron chi connectivity index (χ0n) is 23.6. The molecule has 4 heteroatoms. The molecular formula is C31H50O4. The van der Waals surface area contributed by atoms with Crippen LogP contribution in [0.5, 0.6) is 0 Å². The topological polar surface area (TPSA) is 36.9 Å². The smallest absolute Gasteiger partial charge is 0.281 e. The number of fused-ring (bicyclic) bond motifs is 6. The Bertz CT molecular complexity index is 914. The van der Waals surface area contributed by atoms with Gasteiger partial charge in [-0.15, -0.1) is 0 Å². The van der Waals surface area contributed by atoms with E-state index in [1.165, 1.54) is 51.4 Å². The molecule has 7 rings (SSSR count). The third-order valence-electron chi connectivity index (χ3n) is 14.2. The molecule has 7 aliphatic rings. The molecule has 7 fully saturated rings. The summed E-state index contributed by atoms with van der Waals surface area (Å²) in [6.07, 6.45) is 12.9. The van der Waals surface area contributed by atoms with E-state index in [0.717, 1.165) is 30.1 Å². The maximum absolute atomic E-state index is 6.63. The third-order valence-corrected chi connectivity index (χ3v) is 14.2. The standard InChI is InChI=1S/C31H50O4/c1-18(24-17-29(6)26(2,3)34-30(7,33-24)35-29)21-9-10-22-20-15-25(32-8)31-16-19(31)11-14-28(31,5)23(20)12-13-27(21,22)4/h18-25H,9-17H2,1-8H3/t18-,19-,20-,21+,22-,23-,24+,25+,27+,28+,29+,30-,31-/m0/s1. The largest absolute Gasteiger partial charge is 0.381 e. The lowest BCUT2D eigenvalue weighted by Crippen LogP contribution is -2.57. The van der Waals surface area contributed by atoms with Crippen molar-refractivity contribution in [3.8, 4) is 0 Å².